The van der Waals surface area contributed by atoms with E-state index in [0.29, 0.717) is 0 Å². The lowest BCUT2D eigenvalue weighted by molar-refractivity contribution is 0.599. The molecule has 0 atom stereocenters. The average Bonchev–Trinajstić information content (AvgIpc) is 2.59. The van der Waals surface area contributed by atoms with E-state index in [2.05, 4.69) is 14.4 Å². The highest BCUT2D eigenvalue weighted by Crippen LogP contribution is 2.26. The quantitative estimate of drug-likeness (QED) is 0.453. The number of pyridine rings is 1. The smallest absolute Gasteiger partial charge is 0.263 e. The first-order valence-corrected chi connectivity index (χ1v) is 12.4. The maximum absolute atomic E-state index is 12.6. The Morgan fingerprint density at radius 3 is 1.27 bits per heavy atom. The van der Waals surface area contributed by atoms with E-state index in [-0.39, 0.29) is 41.5 Å². The van der Waals surface area contributed by atoms with Crippen LogP contribution in [0.15, 0.2) is 64.4 Å². The second kappa shape index (κ2) is 8.78. The van der Waals surface area contributed by atoms with Crippen LogP contribution in [0.5, 0.6) is 0 Å². The summed E-state index contributed by atoms with van der Waals surface area (Å²) in [6, 6.07) is 11.7. The van der Waals surface area contributed by atoms with Crippen LogP contribution in [0.1, 0.15) is 0 Å². The first kappa shape index (κ1) is 22.9. The van der Waals surface area contributed by atoms with Crippen molar-refractivity contribution in [2.24, 2.45) is 0 Å². The second-order valence-corrected chi connectivity index (χ2v) is 10.9. The zero-order valence-electron chi connectivity index (χ0n) is 14.6. The van der Waals surface area contributed by atoms with Crippen LogP contribution in [-0.4, -0.2) is 21.8 Å². The van der Waals surface area contributed by atoms with E-state index in [4.69, 9.17) is 46.4 Å². The normalized spacial score (nSPS) is 11.9. The van der Waals surface area contributed by atoms with Gasteiger partial charge in [0.15, 0.2) is 0 Å². The van der Waals surface area contributed by atoms with Crippen molar-refractivity contribution in [1.82, 2.24) is 4.98 Å². The first-order chi connectivity index (χ1) is 13.9. The van der Waals surface area contributed by atoms with E-state index in [0.717, 1.165) is 0 Å². The molecular formula is C17H11Cl4N3O4S2. The number of aromatic nitrogens is 1. The lowest BCUT2D eigenvalue weighted by Crippen LogP contribution is -2.16. The minimum atomic E-state index is -4.08. The zero-order valence-corrected chi connectivity index (χ0v) is 19.3. The van der Waals surface area contributed by atoms with Gasteiger partial charge in [0.1, 0.15) is 11.6 Å². The molecule has 0 aliphatic rings. The molecular weight excluding hydrogens is 516 g/mol. The number of nitrogens with one attached hydrogen (secondary N) is 2. The summed E-state index contributed by atoms with van der Waals surface area (Å²) in [4.78, 5) is 3.61. The van der Waals surface area contributed by atoms with E-state index in [1.165, 1.54) is 54.6 Å². The van der Waals surface area contributed by atoms with Crippen LogP contribution in [0.25, 0.3) is 0 Å². The van der Waals surface area contributed by atoms with Gasteiger partial charge in [0.05, 0.1) is 9.79 Å². The van der Waals surface area contributed by atoms with Crippen molar-refractivity contribution in [3.8, 4) is 0 Å². The van der Waals surface area contributed by atoms with Crippen LogP contribution >= 0.6 is 46.4 Å². The lowest BCUT2D eigenvalue weighted by atomic mass is 10.4. The Labute approximate surface area is 193 Å². The molecule has 7 nitrogen and oxygen atoms in total. The van der Waals surface area contributed by atoms with Gasteiger partial charge in [-0.1, -0.05) is 52.5 Å². The zero-order chi connectivity index (χ0) is 22.1. The number of nitrogens with zero attached hydrogens (tertiary/aromatic N) is 1. The molecule has 0 saturated carbocycles. The van der Waals surface area contributed by atoms with Gasteiger partial charge in [-0.15, -0.1) is 0 Å². The van der Waals surface area contributed by atoms with Gasteiger partial charge in [0.2, 0.25) is 0 Å². The Balaban J connectivity index is 1.87. The van der Waals surface area contributed by atoms with Crippen LogP contribution in [0, 0.1) is 0 Å². The van der Waals surface area contributed by atoms with Gasteiger partial charge in [-0.2, -0.15) is 0 Å². The molecule has 0 bridgehead atoms. The van der Waals surface area contributed by atoms with Crippen molar-refractivity contribution < 1.29 is 16.8 Å². The maximum atomic E-state index is 12.6. The van der Waals surface area contributed by atoms with Gasteiger partial charge in [0, 0.05) is 20.1 Å². The highest BCUT2D eigenvalue weighted by atomic mass is 35.5. The predicted molar refractivity (Wildman–Crippen MR) is 119 cm³/mol. The van der Waals surface area contributed by atoms with Crippen molar-refractivity contribution in [1.29, 1.82) is 0 Å². The van der Waals surface area contributed by atoms with Crippen molar-refractivity contribution in [2.75, 3.05) is 9.44 Å². The summed E-state index contributed by atoms with van der Waals surface area (Å²) >= 11 is 23.4. The molecule has 0 fully saturated rings. The van der Waals surface area contributed by atoms with Gasteiger partial charge in [-0.25, -0.2) is 21.8 Å². The Hall–Kier alpha value is -1.75. The number of rotatable bonds is 6. The Bertz CT molecular complexity index is 1190. The molecule has 0 radical (unpaired) electrons. The highest BCUT2D eigenvalue weighted by Gasteiger charge is 2.19. The maximum Gasteiger partial charge on any atom is 0.263 e. The van der Waals surface area contributed by atoms with Crippen molar-refractivity contribution >= 4 is 78.1 Å². The molecule has 2 aromatic carbocycles. The molecule has 0 saturated heterocycles. The molecule has 30 heavy (non-hydrogen) atoms. The van der Waals surface area contributed by atoms with Crippen LogP contribution in [0.4, 0.5) is 11.6 Å². The predicted octanol–water partition coefficient (Wildman–Crippen LogP) is 5.30. The highest BCUT2D eigenvalue weighted by molar-refractivity contribution is 7.93. The average molecular weight is 527 g/mol. The van der Waals surface area contributed by atoms with Gasteiger partial charge in [-0.3, -0.25) is 9.44 Å². The SMILES string of the molecule is O=S(=O)(Nc1cccc(NS(=O)(=O)c2cc(Cl)cc(Cl)c2)n1)c1cc(Cl)cc(Cl)c1. The molecule has 3 rings (SSSR count). The van der Waals surface area contributed by atoms with Gasteiger partial charge < -0.3 is 0 Å². The van der Waals surface area contributed by atoms with E-state index in [1.54, 1.807) is 0 Å². The van der Waals surface area contributed by atoms with E-state index >= 15 is 0 Å². The summed E-state index contributed by atoms with van der Waals surface area (Å²) < 4.78 is 54.7. The first-order valence-electron chi connectivity index (χ1n) is 7.89. The fourth-order valence-electron chi connectivity index (χ4n) is 2.31. The molecule has 13 heteroatoms. The summed E-state index contributed by atoms with van der Waals surface area (Å²) in [7, 11) is -8.15. The van der Waals surface area contributed by atoms with Gasteiger partial charge in [-0.05, 0) is 48.5 Å². The Morgan fingerprint density at radius 1 is 0.600 bits per heavy atom. The number of sulfonamides is 2. The molecule has 0 aliphatic heterocycles. The Morgan fingerprint density at radius 2 is 0.933 bits per heavy atom. The number of halogens is 4. The topological polar surface area (TPSA) is 105 Å². The number of anilines is 2. The largest absolute Gasteiger partial charge is 0.263 e. The standard InChI is InChI=1S/C17H11Cl4N3O4S2/c18-10-4-11(19)7-14(6-10)29(25,26)23-16-2-1-3-17(22-16)24-30(27,28)15-8-12(20)5-13(21)9-15/h1-9H,(H2,22,23,24). The van der Waals surface area contributed by atoms with Crippen molar-refractivity contribution in [2.45, 2.75) is 9.79 Å². The second-order valence-electron chi connectivity index (χ2n) is 5.83. The summed E-state index contributed by atoms with van der Waals surface area (Å²) in [5.41, 5.74) is 0. The van der Waals surface area contributed by atoms with Crippen molar-refractivity contribution in [3.63, 3.8) is 0 Å². The molecule has 0 spiro atoms. The number of hydrogen-bond acceptors (Lipinski definition) is 5. The summed E-state index contributed by atoms with van der Waals surface area (Å²) in [5, 5.41) is 0.546. The van der Waals surface area contributed by atoms with Crippen LogP contribution in [-0.2, 0) is 20.0 Å². The fraction of sp³-hybridized carbons (Fsp3) is 0. The molecule has 0 aliphatic carbocycles. The van der Waals surface area contributed by atoms with Crippen LogP contribution in [0.3, 0.4) is 0 Å². The minimum Gasteiger partial charge on any atom is -0.263 e. The molecule has 3 aromatic rings. The minimum absolute atomic E-state index is 0.129. The molecule has 158 valence electrons. The molecule has 0 amide bonds. The molecule has 1 heterocycles. The molecule has 0 unspecified atom stereocenters. The lowest BCUT2D eigenvalue weighted by Gasteiger charge is -2.11. The summed E-state index contributed by atoms with van der Waals surface area (Å²) in [5.74, 6) is -0.258. The third-order valence-electron chi connectivity index (χ3n) is 3.52. The van der Waals surface area contributed by atoms with Crippen molar-refractivity contribution in [3.05, 3.63) is 74.7 Å². The van der Waals surface area contributed by atoms with Gasteiger partial charge >= 0.3 is 0 Å². The molecule has 1 aromatic heterocycles. The third-order valence-corrected chi connectivity index (χ3v) is 7.06. The van der Waals surface area contributed by atoms with E-state index in [9.17, 15) is 16.8 Å². The van der Waals surface area contributed by atoms with E-state index in [1.807, 2.05) is 0 Å². The van der Waals surface area contributed by atoms with Crippen LogP contribution < -0.4 is 9.44 Å². The van der Waals surface area contributed by atoms with Crippen LogP contribution in [0.2, 0.25) is 20.1 Å². The van der Waals surface area contributed by atoms with E-state index < -0.39 is 20.0 Å². The summed E-state index contributed by atoms with van der Waals surface area (Å²) in [6.07, 6.45) is 0. The summed E-state index contributed by atoms with van der Waals surface area (Å²) in [6.45, 7) is 0. The fourth-order valence-corrected chi connectivity index (χ4v) is 5.76. The number of hydrogen-bond donors (Lipinski definition) is 2. The molecule has 2 N–H and O–H groups in total. The number of benzene rings is 2. The monoisotopic (exact) mass is 525 g/mol. The Kier molecular flexibility index (Phi) is 6.71. The third kappa shape index (κ3) is 5.69. The van der Waals surface area contributed by atoms with Gasteiger partial charge in [0.25, 0.3) is 20.0 Å².